The van der Waals surface area contributed by atoms with Crippen LogP contribution in [0.5, 0.6) is 0 Å². The number of aromatic nitrogens is 2. The average molecular weight is 522 g/mol. The van der Waals surface area contributed by atoms with Gasteiger partial charge in [-0.25, -0.2) is 14.2 Å². The minimum absolute atomic E-state index is 0.00389. The summed E-state index contributed by atoms with van der Waals surface area (Å²) in [4.78, 5) is 31.6. The zero-order chi connectivity index (χ0) is 26.4. The van der Waals surface area contributed by atoms with Gasteiger partial charge in [0.05, 0.1) is 35.1 Å². The van der Waals surface area contributed by atoms with E-state index in [0.29, 0.717) is 59.4 Å². The van der Waals surface area contributed by atoms with Gasteiger partial charge in [0.25, 0.3) is 5.56 Å². The summed E-state index contributed by atoms with van der Waals surface area (Å²) in [6.45, 7) is 7.48. The predicted molar refractivity (Wildman–Crippen MR) is 141 cm³/mol. The molecule has 6 rings (SSSR count). The molecule has 0 spiro atoms. The summed E-state index contributed by atoms with van der Waals surface area (Å²) in [5.41, 5.74) is 11.0. The van der Waals surface area contributed by atoms with Gasteiger partial charge >= 0.3 is 5.97 Å². The van der Waals surface area contributed by atoms with Gasteiger partial charge in [-0.1, -0.05) is 19.1 Å². The highest BCUT2D eigenvalue weighted by Crippen LogP contribution is 2.45. The van der Waals surface area contributed by atoms with Crippen molar-refractivity contribution in [1.29, 1.82) is 0 Å². The number of fused-ring (bicyclic) bond motifs is 5. The molecule has 0 unspecified atom stereocenters. The first-order valence-electron chi connectivity index (χ1n) is 12.7. The Bertz CT molecular complexity index is 1610. The Labute approximate surface area is 218 Å². The molecule has 9 heteroatoms. The molecular weight excluding hydrogens is 493 g/mol. The third-order valence-corrected chi connectivity index (χ3v) is 8.55. The normalized spacial score (nSPS) is 22.1. The number of ether oxygens (including phenoxy) is 2. The number of benzene rings is 1. The monoisotopic (exact) mass is 521 g/mol. The number of rotatable bonds is 3. The van der Waals surface area contributed by atoms with E-state index in [-0.39, 0.29) is 35.0 Å². The quantitative estimate of drug-likeness (QED) is 0.318. The second kappa shape index (κ2) is 8.24. The van der Waals surface area contributed by atoms with Gasteiger partial charge in [0.2, 0.25) is 0 Å². The van der Waals surface area contributed by atoms with Gasteiger partial charge < -0.3 is 19.8 Å². The van der Waals surface area contributed by atoms with Crippen LogP contribution in [0.1, 0.15) is 73.0 Å². The first kappa shape index (κ1) is 24.3. The van der Waals surface area contributed by atoms with E-state index in [0.717, 1.165) is 22.1 Å². The number of halogens is 1. The molecule has 0 fully saturated rings. The van der Waals surface area contributed by atoms with Gasteiger partial charge in [0.15, 0.2) is 0 Å². The molecule has 1 aliphatic carbocycles. The van der Waals surface area contributed by atoms with Crippen LogP contribution in [-0.2, 0) is 39.4 Å². The SMILES string of the molecule is CC[C@@]1(OC(C)C)C(=S)C(=O)OCc2c1cc1n(c2=O)Cc2c-1nc1cc(F)c(C)c3c1c2[C@@H](N)CC3. The Hall–Kier alpha value is -3.01. The standard InChI is InChI=1S/C28H28FN3O4S/c1-5-28(36-12(2)3)17-8-21-24-15(10-32(21)26(33)16(17)11-35-27(34)25(28)37)22-19(30)7-6-14-13(4)18(29)9-20(31-24)23(14)22/h8-9,12,19H,5-7,10-11,30H2,1-4H3/t19-,28-/m0/s1. The molecule has 4 heterocycles. The van der Waals surface area contributed by atoms with Crippen LogP contribution in [0.25, 0.3) is 22.3 Å². The highest BCUT2D eigenvalue weighted by Gasteiger charge is 2.47. The van der Waals surface area contributed by atoms with Crippen molar-refractivity contribution in [2.45, 2.75) is 77.9 Å². The lowest BCUT2D eigenvalue weighted by Crippen LogP contribution is -2.43. The number of thiocarbonyl (C=S) groups is 1. The summed E-state index contributed by atoms with van der Waals surface area (Å²) in [5.74, 6) is -0.957. The molecule has 0 amide bonds. The minimum atomic E-state index is -1.29. The Morgan fingerprint density at radius 2 is 2.05 bits per heavy atom. The molecule has 3 aromatic rings. The van der Waals surface area contributed by atoms with Crippen molar-refractivity contribution in [3.05, 3.63) is 61.7 Å². The molecule has 2 aliphatic heterocycles. The van der Waals surface area contributed by atoms with E-state index in [1.165, 1.54) is 6.07 Å². The van der Waals surface area contributed by atoms with Gasteiger partial charge in [-0.2, -0.15) is 0 Å². The van der Waals surface area contributed by atoms with Gasteiger partial charge in [-0.15, -0.1) is 0 Å². The van der Waals surface area contributed by atoms with Crippen LogP contribution in [0.4, 0.5) is 4.39 Å². The fraction of sp³-hybridized carbons (Fsp3) is 0.429. The second-order valence-corrected chi connectivity index (χ2v) is 10.8. The summed E-state index contributed by atoms with van der Waals surface area (Å²) in [6.07, 6.45) is 1.45. The third-order valence-electron chi connectivity index (χ3n) is 8.05. The van der Waals surface area contributed by atoms with E-state index in [2.05, 4.69) is 0 Å². The molecule has 2 N–H and O–H groups in total. The van der Waals surface area contributed by atoms with Crippen molar-refractivity contribution in [3.8, 4) is 11.4 Å². The van der Waals surface area contributed by atoms with Crippen LogP contribution in [0.3, 0.4) is 0 Å². The zero-order valence-electron chi connectivity index (χ0n) is 21.2. The summed E-state index contributed by atoms with van der Waals surface area (Å²) in [5, 5.41) is 0.903. The topological polar surface area (TPSA) is 96.4 Å². The Kier molecular flexibility index (Phi) is 5.42. The molecule has 1 aromatic carbocycles. The maximum Gasteiger partial charge on any atom is 0.348 e. The predicted octanol–water partition coefficient (Wildman–Crippen LogP) is 4.28. The first-order valence-corrected chi connectivity index (χ1v) is 13.1. The fourth-order valence-corrected chi connectivity index (χ4v) is 6.69. The molecule has 0 saturated heterocycles. The minimum Gasteiger partial charge on any atom is -0.457 e. The number of nitrogens with zero attached hydrogens (tertiary/aromatic N) is 2. The molecule has 0 radical (unpaired) electrons. The number of aryl methyl sites for hydroxylation is 1. The van der Waals surface area contributed by atoms with Crippen LogP contribution >= 0.6 is 12.2 Å². The molecule has 3 aliphatic rings. The van der Waals surface area contributed by atoms with Crippen LogP contribution in [0.15, 0.2) is 16.9 Å². The van der Waals surface area contributed by atoms with Crippen molar-refractivity contribution in [2.24, 2.45) is 5.73 Å². The molecule has 0 saturated carbocycles. The molecule has 2 atom stereocenters. The number of esters is 1. The molecule has 37 heavy (non-hydrogen) atoms. The number of hydrogen-bond donors (Lipinski definition) is 1. The van der Waals surface area contributed by atoms with Crippen LogP contribution in [0.2, 0.25) is 0 Å². The van der Waals surface area contributed by atoms with E-state index < -0.39 is 11.6 Å². The maximum atomic E-state index is 14.9. The first-order chi connectivity index (χ1) is 17.6. The van der Waals surface area contributed by atoms with Crippen molar-refractivity contribution in [3.63, 3.8) is 0 Å². The summed E-state index contributed by atoms with van der Waals surface area (Å²) in [7, 11) is 0. The van der Waals surface area contributed by atoms with Gasteiger partial charge in [-0.3, -0.25) is 4.79 Å². The Morgan fingerprint density at radius 1 is 1.30 bits per heavy atom. The van der Waals surface area contributed by atoms with Gasteiger partial charge in [-0.05, 0) is 62.8 Å². The maximum absolute atomic E-state index is 14.9. The number of pyridine rings is 2. The number of nitrogens with two attached hydrogens (primary N) is 1. The van der Waals surface area contributed by atoms with Gasteiger partial charge in [0.1, 0.15) is 22.9 Å². The highest BCUT2D eigenvalue weighted by molar-refractivity contribution is 7.82. The largest absolute Gasteiger partial charge is 0.457 e. The average Bonchev–Trinajstić information content (AvgIpc) is 3.19. The van der Waals surface area contributed by atoms with E-state index in [1.807, 2.05) is 26.8 Å². The summed E-state index contributed by atoms with van der Waals surface area (Å²) in [6, 6.07) is 3.07. The number of hydrogen-bond acceptors (Lipinski definition) is 7. The van der Waals surface area contributed by atoms with E-state index in [9.17, 15) is 14.0 Å². The molecule has 192 valence electrons. The molecule has 7 nitrogen and oxygen atoms in total. The number of cyclic esters (lactones) is 1. The fourth-order valence-electron chi connectivity index (χ4n) is 6.32. The lowest BCUT2D eigenvalue weighted by molar-refractivity contribution is -0.137. The second-order valence-electron chi connectivity index (χ2n) is 10.4. The van der Waals surface area contributed by atoms with Crippen molar-refractivity contribution in [2.75, 3.05) is 0 Å². The summed E-state index contributed by atoms with van der Waals surface area (Å²) >= 11 is 5.58. The highest BCUT2D eigenvalue weighted by atomic mass is 32.1. The van der Waals surface area contributed by atoms with E-state index in [4.69, 9.17) is 32.4 Å². The zero-order valence-corrected chi connectivity index (χ0v) is 22.1. The lowest BCUT2D eigenvalue weighted by atomic mass is 9.82. The van der Waals surface area contributed by atoms with Crippen molar-refractivity contribution < 1.29 is 18.7 Å². The lowest BCUT2D eigenvalue weighted by Gasteiger charge is -2.34. The van der Waals surface area contributed by atoms with E-state index in [1.54, 1.807) is 11.5 Å². The number of carbonyl (C=O) groups excluding carboxylic acids is 1. The molecule has 0 bridgehead atoms. The smallest absolute Gasteiger partial charge is 0.348 e. The number of carbonyl (C=O) groups is 1. The van der Waals surface area contributed by atoms with Crippen LogP contribution in [-0.4, -0.2) is 26.5 Å². The van der Waals surface area contributed by atoms with Crippen LogP contribution in [0, 0.1) is 12.7 Å². The molecular formula is C28H28FN3O4S. The van der Waals surface area contributed by atoms with Crippen molar-refractivity contribution in [1.82, 2.24) is 9.55 Å². The van der Waals surface area contributed by atoms with Gasteiger partial charge in [0, 0.05) is 28.6 Å². The van der Waals surface area contributed by atoms with Crippen LogP contribution < -0.4 is 11.3 Å². The Morgan fingerprint density at radius 3 is 2.76 bits per heavy atom. The van der Waals surface area contributed by atoms with E-state index >= 15 is 0 Å². The molecule has 2 aromatic heterocycles. The Balaban J connectivity index is 1.68. The van der Waals surface area contributed by atoms with Crippen molar-refractivity contribution >= 4 is 34.0 Å². The summed E-state index contributed by atoms with van der Waals surface area (Å²) < 4.78 is 28.3. The third kappa shape index (κ3) is 3.23.